The average molecular weight is 332 g/mol. The topological polar surface area (TPSA) is 39.9 Å². The summed E-state index contributed by atoms with van der Waals surface area (Å²) in [7, 11) is 0. The van der Waals surface area contributed by atoms with Crippen molar-refractivity contribution >= 4 is 11.0 Å². The third-order valence-corrected chi connectivity index (χ3v) is 4.58. The Bertz CT molecular complexity index is 567. The van der Waals surface area contributed by atoms with E-state index in [0.717, 1.165) is 24.1 Å². The fraction of sp³-hybridized carbons (Fsp3) is 0.700. The number of unbranched alkanes of at least 4 members (excludes halogenated alkanes) is 9. The van der Waals surface area contributed by atoms with Crippen LogP contribution in [0.3, 0.4) is 0 Å². The third kappa shape index (κ3) is 6.23. The van der Waals surface area contributed by atoms with E-state index in [1.165, 1.54) is 57.8 Å². The van der Waals surface area contributed by atoms with Gasteiger partial charge in [0.15, 0.2) is 0 Å². The van der Waals surface area contributed by atoms with Gasteiger partial charge in [0.2, 0.25) is 0 Å². The summed E-state index contributed by atoms with van der Waals surface area (Å²) in [4.78, 5) is 0. The van der Waals surface area contributed by atoms with Gasteiger partial charge in [-0.05, 0) is 25.5 Å². The summed E-state index contributed by atoms with van der Waals surface area (Å²) in [6.07, 6.45) is 13.4. The number of aromatic nitrogens is 3. The third-order valence-electron chi connectivity index (χ3n) is 4.58. The molecule has 4 nitrogen and oxygen atoms in total. The molecule has 0 N–H and O–H groups in total. The molecule has 1 aromatic heterocycles. The predicted octanol–water partition coefficient (Wildman–Crippen LogP) is 5.89. The van der Waals surface area contributed by atoms with Gasteiger partial charge in [-0.2, -0.15) is 0 Å². The highest BCUT2D eigenvalue weighted by Gasteiger charge is 2.10. The van der Waals surface area contributed by atoms with Gasteiger partial charge >= 0.3 is 0 Å². The minimum atomic E-state index is -0.0593. The summed E-state index contributed by atoms with van der Waals surface area (Å²) in [6.45, 7) is 5.11. The molecule has 0 fully saturated rings. The van der Waals surface area contributed by atoms with Crippen molar-refractivity contribution < 1.29 is 4.74 Å². The first-order valence-electron chi connectivity index (χ1n) is 9.74. The van der Waals surface area contributed by atoms with E-state index in [9.17, 15) is 0 Å². The Kier molecular flexibility index (Phi) is 8.82. The van der Waals surface area contributed by atoms with Crippen LogP contribution in [-0.2, 0) is 4.74 Å². The summed E-state index contributed by atoms with van der Waals surface area (Å²) < 4.78 is 7.79. The van der Waals surface area contributed by atoms with Crippen LogP contribution in [0.5, 0.6) is 0 Å². The van der Waals surface area contributed by atoms with Crippen LogP contribution >= 0.6 is 0 Å². The Morgan fingerprint density at radius 2 is 1.54 bits per heavy atom. The number of rotatable bonds is 13. The van der Waals surface area contributed by atoms with E-state index in [-0.39, 0.29) is 6.23 Å². The molecular weight excluding hydrogens is 298 g/mol. The van der Waals surface area contributed by atoms with Crippen molar-refractivity contribution in [3.8, 4) is 0 Å². The lowest BCUT2D eigenvalue weighted by atomic mass is 10.1. The Labute approximate surface area is 146 Å². The van der Waals surface area contributed by atoms with E-state index in [0.29, 0.717) is 0 Å². The highest BCUT2D eigenvalue weighted by molar-refractivity contribution is 5.73. The quantitative estimate of drug-likeness (QED) is 0.430. The maximum Gasteiger partial charge on any atom is 0.149 e. The molecular formula is C20H33N3O. The normalized spacial score (nSPS) is 12.8. The van der Waals surface area contributed by atoms with Crippen molar-refractivity contribution in [3.63, 3.8) is 0 Å². The van der Waals surface area contributed by atoms with Crippen molar-refractivity contribution in [2.45, 2.75) is 84.3 Å². The Morgan fingerprint density at radius 1 is 0.917 bits per heavy atom. The van der Waals surface area contributed by atoms with Gasteiger partial charge < -0.3 is 4.74 Å². The summed E-state index contributed by atoms with van der Waals surface area (Å²) in [6, 6.07) is 8.01. The molecule has 1 unspecified atom stereocenters. The van der Waals surface area contributed by atoms with Crippen LogP contribution in [0.1, 0.15) is 84.3 Å². The molecule has 1 aromatic carbocycles. The lowest BCUT2D eigenvalue weighted by Crippen LogP contribution is -2.11. The molecule has 0 aliphatic carbocycles. The minimum Gasteiger partial charge on any atom is -0.357 e. The zero-order valence-corrected chi connectivity index (χ0v) is 15.4. The van der Waals surface area contributed by atoms with E-state index in [1.807, 2.05) is 35.9 Å². The number of benzene rings is 1. The fourth-order valence-corrected chi connectivity index (χ4v) is 3.07. The van der Waals surface area contributed by atoms with Crippen LogP contribution in [0.25, 0.3) is 11.0 Å². The van der Waals surface area contributed by atoms with Gasteiger partial charge in [-0.15, -0.1) is 5.10 Å². The maximum atomic E-state index is 5.93. The number of ether oxygens (including phenoxy) is 1. The first kappa shape index (κ1) is 18.9. The zero-order valence-electron chi connectivity index (χ0n) is 15.4. The van der Waals surface area contributed by atoms with Crippen molar-refractivity contribution in [2.75, 3.05) is 6.61 Å². The van der Waals surface area contributed by atoms with Crippen LogP contribution in [0.15, 0.2) is 24.3 Å². The van der Waals surface area contributed by atoms with Crippen LogP contribution in [0.2, 0.25) is 0 Å². The predicted molar refractivity (Wildman–Crippen MR) is 100 cm³/mol. The van der Waals surface area contributed by atoms with Gasteiger partial charge in [0.25, 0.3) is 0 Å². The molecule has 0 saturated carbocycles. The fourth-order valence-electron chi connectivity index (χ4n) is 3.07. The molecule has 24 heavy (non-hydrogen) atoms. The van der Waals surface area contributed by atoms with Crippen LogP contribution in [-0.4, -0.2) is 21.6 Å². The Hall–Kier alpha value is -1.42. The molecule has 4 heteroatoms. The van der Waals surface area contributed by atoms with E-state index in [1.54, 1.807) is 0 Å². The highest BCUT2D eigenvalue weighted by atomic mass is 16.5. The maximum absolute atomic E-state index is 5.93. The molecule has 0 amide bonds. The van der Waals surface area contributed by atoms with Gasteiger partial charge in [0, 0.05) is 6.61 Å². The monoisotopic (exact) mass is 331 g/mol. The first-order chi connectivity index (χ1) is 11.8. The second kappa shape index (κ2) is 11.2. The summed E-state index contributed by atoms with van der Waals surface area (Å²) in [5, 5.41) is 8.38. The van der Waals surface area contributed by atoms with E-state index in [2.05, 4.69) is 17.2 Å². The molecule has 2 rings (SSSR count). The number of hydrogen-bond donors (Lipinski definition) is 0. The van der Waals surface area contributed by atoms with Crippen molar-refractivity contribution in [3.05, 3.63) is 24.3 Å². The molecule has 0 saturated heterocycles. The van der Waals surface area contributed by atoms with Gasteiger partial charge in [0.1, 0.15) is 11.7 Å². The summed E-state index contributed by atoms with van der Waals surface area (Å²) in [5.41, 5.74) is 1.96. The number of para-hydroxylation sites is 1. The smallest absolute Gasteiger partial charge is 0.149 e. The SMILES string of the molecule is CCCCCCCCCCCCOC(C)n1nnc2ccccc21. The van der Waals surface area contributed by atoms with Crippen LogP contribution < -0.4 is 0 Å². The van der Waals surface area contributed by atoms with Crippen molar-refractivity contribution in [1.29, 1.82) is 0 Å². The molecule has 1 heterocycles. The molecule has 0 spiro atoms. The van der Waals surface area contributed by atoms with E-state index in [4.69, 9.17) is 4.74 Å². The number of hydrogen-bond acceptors (Lipinski definition) is 3. The van der Waals surface area contributed by atoms with Gasteiger partial charge in [-0.25, -0.2) is 4.68 Å². The van der Waals surface area contributed by atoms with E-state index < -0.39 is 0 Å². The lowest BCUT2D eigenvalue weighted by molar-refractivity contribution is 0.00759. The second-order valence-corrected chi connectivity index (χ2v) is 6.67. The van der Waals surface area contributed by atoms with Gasteiger partial charge in [0.05, 0.1) is 5.52 Å². The standard InChI is InChI=1S/C20H33N3O/c1-3-4-5-6-7-8-9-10-11-14-17-24-18(2)23-20-16-13-12-15-19(20)21-22-23/h12-13,15-16,18H,3-11,14,17H2,1-2H3. The molecule has 2 aromatic rings. The largest absolute Gasteiger partial charge is 0.357 e. The van der Waals surface area contributed by atoms with Gasteiger partial charge in [-0.1, -0.05) is 82.1 Å². The van der Waals surface area contributed by atoms with Crippen LogP contribution in [0, 0.1) is 0 Å². The molecule has 0 aliphatic rings. The van der Waals surface area contributed by atoms with Crippen molar-refractivity contribution in [1.82, 2.24) is 15.0 Å². The minimum absolute atomic E-state index is 0.0593. The number of nitrogens with zero attached hydrogens (tertiary/aromatic N) is 3. The lowest BCUT2D eigenvalue weighted by Gasteiger charge is -2.13. The number of fused-ring (bicyclic) bond motifs is 1. The zero-order chi connectivity index (χ0) is 17.0. The average Bonchev–Trinajstić information content (AvgIpc) is 3.03. The molecule has 0 radical (unpaired) electrons. The molecule has 0 aliphatic heterocycles. The Morgan fingerprint density at radius 3 is 2.25 bits per heavy atom. The Balaban J connectivity index is 1.52. The van der Waals surface area contributed by atoms with E-state index >= 15 is 0 Å². The molecule has 1 atom stereocenters. The highest BCUT2D eigenvalue weighted by Crippen LogP contribution is 2.17. The molecule has 0 bridgehead atoms. The summed E-state index contributed by atoms with van der Waals surface area (Å²) in [5.74, 6) is 0. The van der Waals surface area contributed by atoms with Crippen molar-refractivity contribution in [2.24, 2.45) is 0 Å². The van der Waals surface area contributed by atoms with Gasteiger partial charge in [-0.3, -0.25) is 0 Å². The second-order valence-electron chi connectivity index (χ2n) is 6.67. The molecule has 134 valence electrons. The summed E-state index contributed by atoms with van der Waals surface area (Å²) >= 11 is 0. The van der Waals surface area contributed by atoms with Crippen LogP contribution in [0.4, 0.5) is 0 Å². The first-order valence-corrected chi connectivity index (χ1v) is 9.74.